The van der Waals surface area contributed by atoms with Crippen molar-refractivity contribution in [2.24, 2.45) is 5.41 Å². The molecule has 0 aromatic heterocycles. The molecule has 0 N–H and O–H groups in total. The van der Waals surface area contributed by atoms with Gasteiger partial charge in [0.1, 0.15) is 11.5 Å². The molecule has 0 aliphatic rings. The average Bonchev–Trinajstić information content (AvgIpc) is 2.26. The normalized spacial score (nSPS) is 12.3. The summed E-state index contributed by atoms with van der Waals surface area (Å²) in [5.41, 5.74) is -0.0405. The summed E-state index contributed by atoms with van der Waals surface area (Å²) < 4.78 is 45.0. The lowest BCUT2D eigenvalue weighted by Gasteiger charge is -2.21. The lowest BCUT2D eigenvalue weighted by molar-refractivity contribution is -0.274. The number of halogens is 4. The fraction of sp³-hybridized carbons (Fsp3) is 0.500. The molecule has 18 heavy (non-hydrogen) atoms. The van der Waals surface area contributed by atoms with E-state index < -0.39 is 6.36 Å². The van der Waals surface area contributed by atoms with Crippen LogP contribution in [0.15, 0.2) is 24.3 Å². The van der Waals surface area contributed by atoms with Crippen LogP contribution in [-0.2, 0) is 0 Å². The molecule has 0 fully saturated rings. The summed E-state index contributed by atoms with van der Waals surface area (Å²) in [4.78, 5) is 0. The fourth-order valence-electron chi connectivity index (χ4n) is 1.05. The van der Waals surface area contributed by atoms with Crippen molar-refractivity contribution in [2.75, 3.05) is 11.9 Å². The fourth-order valence-corrected chi connectivity index (χ4v) is 1.22. The molecule has 0 aliphatic carbocycles. The Morgan fingerprint density at radius 3 is 2.00 bits per heavy atom. The smallest absolute Gasteiger partial charge is 0.493 e. The Labute approximate surface area is 112 Å². The molecule has 0 radical (unpaired) electrons. The minimum atomic E-state index is -4.67. The first-order chi connectivity index (χ1) is 8.22. The van der Waals surface area contributed by atoms with Gasteiger partial charge in [-0.2, -0.15) is 0 Å². The van der Waals surface area contributed by atoms with E-state index in [1.165, 1.54) is 24.3 Å². The zero-order valence-electron chi connectivity index (χ0n) is 10.1. The van der Waals surface area contributed by atoms with E-state index in [0.29, 0.717) is 12.4 Å². The lowest BCUT2D eigenvalue weighted by Crippen LogP contribution is -2.22. The van der Waals surface area contributed by atoms with Crippen LogP contribution in [0.5, 0.6) is 11.5 Å². The highest BCUT2D eigenvalue weighted by Crippen LogP contribution is 2.26. The quantitative estimate of drug-likeness (QED) is 0.747. The first-order valence-electron chi connectivity index (χ1n) is 5.26. The van der Waals surface area contributed by atoms with E-state index in [0.717, 1.165) is 5.33 Å². The molecule has 0 amide bonds. The first-order valence-corrected chi connectivity index (χ1v) is 6.39. The van der Waals surface area contributed by atoms with Crippen LogP contribution in [0, 0.1) is 5.41 Å². The van der Waals surface area contributed by atoms with Gasteiger partial charge in [-0.3, -0.25) is 0 Å². The number of hydrogen-bond acceptors (Lipinski definition) is 2. The van der Waals surface area contributed by atoms with Crippen molar-refractivity contribution in [1.82, 2.24) is 0 Å². The number of alkyl halides is 4. The van der Waals surface area contributed by atoms with Gasteiger partial charge in [-0.15, -0.1) is 13.2 Å². The van der Waals surface area contributed by atoms with Crippen LogP contribution in [0.3, 0.4) is 0 Å². The summed E-state index contributed by atoms with van der Waals surface area (Å²) >= 11 is 3.36. The molecule has 1 aromatic rings. The summed E-state index contributed by atoms with van der Waals surface area (Å²) in [6.45, 7) is 4.50. The molecule has 0 bridgehead atoms. The molecular formula is C12H14BrF3O2. The largest absolute Gasteiger partial charge is 0.573 e. The van der Waals surface area contributed by atoms with Crippen molar-refractivity contribution in [3.63, 3.8) is 0 Å². The molecule has 0 atom stereocenters. The molecule has 0 unspecified atom stereocenters. The Morgan fingerprint density at radius 1 is 1.06 bits per heavy atom. The SMILES string of the molecule is CC(C)(CBr)COc1ccc(OC(F)(F)F)cc1. The van der Waals surface area contributed by atoms with Crippen molar-refractivity contribution in [2.45, 2.75) is 20.2 Å². The summed E-state index contributed by atoms with van der Waals surface area (Å²) in [7, 11) is 0. The van der Waals surface area contributed by atoms with Gasteiger partial charge >= 0.3 is 6.36 Å². The Balaban J connectivity index is 2.56. The molecule has 0 spiro atoms. The maximum Gasteiger partial charge on any atom is 0.573 e. The second kappa shape index (κ2) is 5.82. The predicted molar refractivity (Wildman–Crippen MR) is 66.2 cm³/mol. The Bertz CT molecular complexity index is 374. The Hall–Kier alpha value is -0.910. The summed E-state index contributed by atoms with van der Waals surface area (Å²) in [5, 5.41) is 0.773. The molecule has 0 saturated carbocycles. The van der Waals surface area contributed by atoms with Crippen LogP contribution in [0.4, 0.5) is 13.2 Å². The van der Waals surface area contributed by atoms with Crippen LogP contribution < -0.4 is 9.47 Å². The second-order valence-corrected chi connectivity index (χ2v) is 5.17. The van der Waals surface area contributed by atoms with Gasteiger partial charge in [-0.05, 0) is 24.3 Å². The van der Waals surface area contributed by atoms with Gasteiger partial charge in [0.2, 0.25) is 0 Å². The van der Waals surface area contributed by atoms with Crippen LogP contribution >= 0.6 is 15.9 Å². The van der Waals surface area contributed by atoms with Gasteiger partial charge in [-0.1, -0.05) is 29.8 Å². The first kappa shape index (κ1) is 15.1. The summed E-state index contributed by atoms with van der Waals surface area (Å²) in [6.07, 6.45) is -4.67. The van der Waals surface area contributed by atoms with E-state index in [9.17, 15) is 13.2 Å². The van der Waals surface area contributed by atoms with Gasteiger partial charge in [0.05, 0.1) is 6.61 Å². The molecule has 0 saturated heterocycles. The Kier molecular flexibility index (Phi) is 4.90. The zero-order valence-corrected chi connectivity index (χ0v) is 11.6. The molecule has 102 valence electrons. The number of rotatable bonds is 5. The van der Waals surface area contributed by atoms with E-state index >= 15 is 0 Å². The maximum absolute atomic E-state index is 11.9. The number of ether oxygens (including phenoxy) is 2. The van der Waals surface area contributed by atoms with Crippen LogP contribution in [0.25, 0.3) is 0 Å². The minimum Gasteiger partial charge on any atom is -0.493 e. The van der Waals surface area contributed by atoms with Crippen molar-refractivity contribution in [3.05, 3.63) is 24.3 Å². The van der Waals surface area contributed by atoms with Crippen LogP contribution in [0.1, 0.15) is 13.8 Å². The van der Waals surface area contributed by atoms with Crippen molar-refractivity contribution < 1.29 is 22.6 Å². The van der Waals surface area contributed by atoms with E-state index in [1.54, 1.807) is 0 Å². The predicted octanol–water partition coefficient (Wildman–Crippen LogP) is 4.39. The van der Waals surface area contributed by atoms with Gasteiger partial charge in [0.15, 0.2) is 0 Å². The molecular weight excluding hydrogens is 313 g/mol. The molecule has 0 heterocycles. The van der Waals surface area contributed by atoms with Gasteiger partial charge in [0, 0.05) is 10.7 Å². The summed E-state index contributed by atoms with van der Waals surface area (Å²) in [5.74, 6) is 0.258. The highest BCUT2D eigenvalue weighted by atomic mass is 79.9. The van der Waals surface area contributed by atoms with Crippen molar-refractivity contribution in [3.8, 4) is 11.5 Å². The third kappa shape index (κ3) is 5.62. The molecule has 0 aliphatic heterocycles. The topological polar surface area (TPSA) is 18.5 Å². The highest BCUT2D eigenvalue weighted by molar-refractivity contribution is 9.09. The molecule has 6 heteroatoms. The van der Waals surface area contributed by atoms with E-state index in [1.807, 2.05) is 13.8 Å². The van der Waals surface area contributed by atoms with E-state index in [4.69, 9.17) is 4.74 Å². The van der Waals surface area contributed by atoms with Crippen LogP contribution in [0.2, 0.25) is 0 Å². The highest BCUT2D eigenvalue weighted by Gasteiger charge is 2.31. The summed E-state index contributed by atoms with van der Waals surface area (Å²) in [6, 6.07) is 5.35. The molecule has 2 nitrogen and oxygen atoms in total. The average molecular weight is 327 g/mol. The minimum absolute atomic E-state index is 0.0405. The van der Waals surface area contributed by atoms with Gasteiger partial charge in [-0.25, -0.2) is 0 Å². The third-order valence-electron chi connectivity index (χ3n) is 2.05. The third-order valence-corrected chi connectivity index (χ3v) is 3.57. The molecule has 1 rings (SSSR count). The number of hydrogen-bond donors (Lipinski definition) is 0. The van der Waals surface area contributed by atoms with Crippen molar-refractivity contribution in [1.29, 1.82) is 0 Å². The van der Waals surface area contributed by atoms with E-state index in [2.05, 4.69) is 20.7 Å². The van der Waals surface area contributed by atoms with Gasteiger partial charge < -0.3 is 9.47 Å². The molecule has 1 aromatic carbocycles. The second-order valence-electron chi connectivity index (χ2n) is 4.61. The Morgan fingerprint density at radius 2 is 1.56 bits per heavy atom. The van der Waals surface area contributed by atoms with Crippen LogP contribution in [-0.4, -0.2) is 18.3 Å². The number of benzene rings is 1. The van der Waals surface area contributed by atoms with Crippen molar-refractivity contribution >= 4 is 15.9 Å². The zero-order chi connectivity index (χ0) is 13.8. The monoisotopic (exact) mass is 326 g/mol. The standard InChI is InChI=1S/C12H14BrF3O2/c1-11(2,7-13)8-17-9-3-5-10(6-4-9)18-12(14,15)16/h3-6H,7-8H2,1-2H3. The van der Waals surface area contributed by atoms with Gasteiger partial charge in [0.25, 0.3) is 0 Å². The maximum atomic E-state index is 11.9. The van der Waals surface area contributed by atoms with E-state index in [-0.39, 0.29) is 11.2 Å². The lowest BCUT2D eigenvalue weighted by atomic mass is 9.98.